The number of hydrogen-bond acceptors (Lipinski definition) is 4. The van der Waals surface area contributed by atoms with Gasteiger partial charge in [0.2, 0.25) is 0 Å². The maximum atomic E-state index is 10.8. The number of carbonyl (C=O) groups excluding carboxylic acids is 1. The van der Waals surface area contributed by atoms with E-state index in [0.29, 0.717) is 13.0 Å². The zero-order chi connectivity index (χ0) is 14.7. The fraction of sp³-hybridized carbons (Fsp3) is 0.188. The van der Waals surface area contributed by atoms with E-state index in [0.717, 1.165) is 22.3 Å². The van der Waals surface area contributed by atoms with E-state index in [2.05, 4.69) is 10.2 Å². The van der Waals surface area contributed by atoms with Crippen molar-refractivity contribution < 1.29 is 9.53 Å². The van der Waals surface area contributed by atoms with E-state index >= 15 is 0 Å². The predicted molar refractivity (Wildman–Crippen MR) is 79.2 cm³/mol. The van der Waals surface area contributed by atoms with Gasteiger partial charge in [0.25, 0.3) is 0 Å². The largest absolute Gasteiger partial charge is 0.466 e. The molecule has 0 unspecified atom stereocenters. The van der Waals surface area contributed by atoms with Crippen molar-refractivity contribution in [3.63, 3.8) is 0 Å². The summed E-state index contributed by atoms with van der Waals surface area (Å²) in [6, 6.07) is 15.7. The number of hydrogen-bond donors (Lipinski definition) is 0. The number of esters is 1. The molecule has 0 spiro atoms. The summed E-state index contributed by atoms with van der Waals surface area (Å²) in [4.78, 5) is 12.4. The van der Waals surface area contributed by atoms with Crippen molar-refractivity contribution in [3.05, 3.63) is 54.1 Å². The molecule has 0 saturated carbocycles. The second-order valence-corrected chi connectivity index (χ2v) is 4.74. The monoisotopic (exact) mass is 281 g/mol. The molecule has 0 radical (unpaired) electrons. The average Bonchev–Trinajstić information content (AvgIpc) is 2.91. The van der Waals surface area contributed by atoms with Crippen LogP contribution in [0.3, 0.4) is 0 Å². The van der Waals surface area contributed by atoms with E-state index in [9.17, 15) is 4.79 Å². The molecule has 0 saturated heterocycles. The molecule has 0 fully saturated rings. The first-order valence-corrected chi connectivity index (χ1v) is 6.77. The molecule has 0 atom stereocenters. The predicted octanol–water partition coefficient (Wildman–Crippen LogP) is 2.53. The summed E-state index contributed by atoms with van der Waals surface area (Å²) in [7, 11) is 0. The normalized spacial score (nSPS) is 10.7. The van der Waals surface area contributed by atoms with Crippen LogP contribution < -0.4 is 0 Å². The van der Waals surface area contributed by atoms with Gasteiger partial charge in [-0.3, -0.25) is 4.79 Å². The number of nitrogens with zero attached hydrogens (tertiary/aromatic N) is 3. The van der Waals surface area contributed by atoms with Crippen LogP contribution in [0.15, 0.2) is 48.5 Å². The molecule has 0 N–H and O–H groups in total. The highest BCUT2D eigenvalue weighted by molar-refractivity contribution is 5.73. The molecule has 21 heavy (non-hydrogen) atoms. The molecule has 2 aromatic carbocycles. The molecule has 106 valence electrons. The highest BCUT2D eigenvalue weighted by Gasteiger charge is 2.05. The third kappa shape index (κ3) is 3.08. The Bertz CT molecular complexity index is 747. The van der Waals surface area contributed by atoms with Gasteiger partial charge in [0.05, 0.1) is 12.3 Å². The molecule has 1 aromatic heterocycles. The number of rotatable bonds is 4. The van der Waals surface area contributed by atoms with Gasteiger partial charge in [-0.1, -0.05) is 24.3 Å². The van der Waals surface area contributed by atoms with Crippen molar-refractivity contribution in [1.29, 1.82) is 0 Å². The second-order valence-electron chi connectivity index (χ2n) is 4.74. The van der Waals surface area contributed by atoms with E-state index in [-0.39, 0.29) is 5.97 Å². The molecule has 3 aromatic rings. The molecule has 0 aliphatic rings. The van der Waals surface area contributed by atoms with E-state index in [1.54, 1.807) is 4.80 Å². The minimum Gasteiger partial charge on any atom is -0.466 e. The van der Waals surface area contributed by atoms with Crippen molar-refractivity contribution >= 4 is 17.0 Å². The number of benzene rings is 2. The Labute approximate surface area is 122 Å². The SMILES string of the molecule is CC(=O)OCCc1cccc(-n2nc3ccccc3n2)c1. The Kier molecular flexibility index (Phi) is 3.64. The fourth-order valence-electron chi connectivity index (χ4n) is 2.12. The molecular weight excluding hydrogens is 266 g/mol. The van der Waals surface area contributed by atoms with Crippen LogP contribution in [0.4, 0.5) is 0 Å². The van der Waals surface area contributed by atoms with Gasteiger partial charge in [0.15, 0.2) is 0 Å². The number of aromatic nitrogens is 3. The summed E-state index contributed by atoms with van der Waals surface area (Å²) in [5.74, 6) is -0.258. The van der Waals surface area contributed by atoms with Gasteiger partial charge < -0.3 is 4.74 Å². The van der Waals surface area contributed by atoms with Crippen LogP contribution in [0.2, 0.25) is 0 Å². The lowest BCUT2D eigenvalue weighted by molar-refractivity contribution is -0.140. The summed E-state index contributed by atoms with van der Waals surface area (Å²) in [5, 5.41) is 8.91. The molecule has 0 bridgehead atoms. The molecule has 0 aliphatic heterocycles. The maximum Gasteiger partial charge on any atom is 0.302 e. The molecule has 5 nitrogen and oxygen atoms in total. The second kappa shape index (κ2) is 5.75. The van der Waals surface area contributed by atoms with Gasteiger partial charge in [-0.05, 0) is 29.8 Å². The van der Waals surface area contributed by atoms with Crippen LogP contribution in [-0.4, -0.2) is 27.6 Å². The average molecular weight is 281 g/mol. The minimum absolute atomic E-state index is 0.258. The Morgan fingerprint density at radius 3 is 2.48 bits per heavy atom. The number of carbonyl (C=O) groups is 1. The lowest BCUT2D eigenvalue weighted by Crippen LogP contribution is -2.04. The van der Waals surface area contributed by atoms with Crippen molar-refractivity contribution in [2.75, 3.05) is 6.61 Å². The van der Waals surface area contributed by atoms with Crippen LogP contribution in [0.1, 0.15) is 12.5 Å². The summed E-state index contributed by atoms with van der Waals surface area (Å²) in [6.07, 6.45) is 0.675. The van der Waals surface area contributed by atoms with Crippen LogP contribution in [0.25, 0.3) is 16.7 Å². The summed E-state index contributed by atoms with van der Waals surface area (Å²) in [5.41, 5.74) is 3.70. The summed E-state index contributed by atoms with van der Waals surface area (Å²) in [6.45, 7) is 1.79. The lowest BCUT2D eigenvalue weighted by atomic mass is 10.1. The van der Waals surface area contributed by atoms with Crippen LogP contribution in [0, 0.1) is 0 Å². The fourth-order valence-corrected chi connectivity index (χ4v) is 2.12. The van der Waals surface area contributed by atoms with Crippen molar-refractivity contribution in [2.45, 2.75) is 13.3 Å². The molecule has 5 heteroatoms. The zero-order valence-corrected chi connectivity index (χ0v) is 11.7. The standard InChI is InChI=1S/C16H15N3O2/c1-12(20)21-10-9-13-5-4-6-14(11-13)19-17-15-7-2-3-8-16(15)18-19/h2-8,11H,9-10H2,1H3. The molecule has 3 rings (SSSR count). The summed E-state index contributed by atoms with van der Waals surface area (Å²) < 4.78 is 4.96. The van der Waals surface area contributed by atoms with Crippen LogP contribution in [0.5, 0.6) is 0 Å². The van der Waals surface area contributed by atoms with Crippen LogP contribution >= 0.6 is 0 Å². The Hall–Kier alpha value is -2.69. The molecule has 1 heterocycles. The number of fused-ring (bicyclic) bond motifs is 1. The molecule has 0 amide bonds. The van der Waals surface area contributed by atoms with E-state index in [1.807, 2.05) is 48.5 Å². The van der Waals surface area contributed by atoms with Gasteiger partial charge in [0, 0.05) is 13.3 Å². The Morgan fingerprint density at radius 2 is 1.81 bits per heavy atom. The smallest absolute Gasteiger partial charge is 0.302 e. The van der Waals surface area contributed by atoms with Gasteiger partial charge in [0.1, 0.15) is 11.0 Å². The molecular formula is C16H15N3O2. The van der Waals surface area contributed by atoms with Gasteiger partial charge in [-0.2, -0.15) is 4.80 Å². The lowest BCUT2D eigenvalue weighted by Gasteiger charge is -2.04. The van der Waals surface area contributed by atoms with Gasteiger partial charge in [-0.15, -0.1) is 10.2 Å². The minimum atomic E-state index is -0.258. The zero-order valence-electron chi connectivity index (χ0n) is 11.7. The molecule has 0 aliphatic carbocycles. The number of ether oxygens (including phenoxy) is 1. The maximum absolute atomic E-state index is 10.8. The van der Waals surface area contributed by atoms with Crippen molar-refractivity contribution in [3.8, 4) is 5.69 Å². The highest BCUT2D eigenvalue weighted by Crippen LogP contribution is 2.13. The topological polar surface area (TPSA) is 57.0 Å². The summed E-state index contributed by atoms with van der Waals surface area (Å²) >= 11 is 0. The van der Waals surface area contributed by atoms with E-state index < -0.39 is 0 Å². The van der Waals surface area contributed by atoms with Gasteiger partial charge in [-0.25, -0.2) is 0 Å². The Morgan fingerprint density at radius 1 is 1.10 bits per heavy atom. The third-order valence-electron chi connectivity index (χ3n) is 3.12. The van der Waals surface area contributed by atoms with Crippen molar-refractivity contribution in [1.82, 2.24) is 15.0 Å². The van der Waals surface area contributed by atoms with E-state index in [1.165, 1.54) is 6.92 Å². The van der Waals surface area contributed by atoms with Crippen molar-refractivity contribution in [2.24, 2.45) is 0 Å². The highest BCUT2D eigenvalue weighted by atomic mass is 16.5. The third-order valence-corrected chi connectivity index (χ3v) is 3.12. The Balaban J connectivity index is 1.83. The van der Waals surface area contributed by atoms with E-state index in [4.69, 9.17) is 4.74 Å². The first-order valence-electron chi connectivity index (χ1n) is 6.77. The van der Waals surface area contributed by atoms with Gasteiger partial charge >= 0.3 is 5.97 Å². The quantitative estimate of drug-likeness (QED) is 0.689. The van der Waals surface area contributed by atoms with Crippen LogP contribution in [-0.2, 0) is 16.0 Å². The first kappa shape index (κ1) is 13.3. The first-order chi connectivity index (χ1) is 10.2.